The topological polar surface area (TPSA) is 38.8 Å². The molecule has 1 unspecified atom stereocenters. The number of benzene rings is 2. The molecule has 2 rings (SSSR count). The standard InChI is InChI=1S/C21H27NO3/c1-5-17-10-7-8-13-20(17)25-15-21(23)22(6-2)16(3)18-11-9-12-19(14-18)24-4/h7-14,16H,5-6,15H2,1-4H3. The summed E-state index contributed by atoms with van der Waals surface area (Å²) >= 11 is 0. The minimum Gasteiger partial charge on any atom is -0.497 e. The lowest BCUT2D eigenvalue weighted by atomic mass is 10.1. The molecule has 2 aromatic carbocycles. The van der Waals surface area contributed by atoms with E-state index in [1.807, 2.05) is 67.3 Å². The summed E-state index contributed by atoms with van der Waals surface area (Å²) in [5, 5.41) is 0. The van der Waals surface area contributed by atoms with Crippen molar-refractivity contribution in [2.45, 2.75) is 33.2 Å². The average molecular weight is 341 g/mol. The Kier molecular flexibility index (Phi) is 6.87. The number of methoxy groups -OCH3 is 1. The number of rotatable bonds is 8. The lowest BCUT2D eigenvalue weighted by Crippen LogP contribution is -2.37. The van der Waals surface area contributed by atoms with E-state index in [0.29, 0.717) is 6.54 Å². The van der Waals surface area contributed by atoms with Crippen LogP contribution in [0.1, 0.15) is 37.9 Å². The lowest BCUT2D eigenvalue weighted by Gasteiger charge is -2.28. The van der Waals surface area contributed by atoms with Gasteiger partial charge in [-0.05, 0) is 49.6 Å². The SMILES string of the molecule is CCc1ccccc1OCC(=O)N(CC)C(C)c1cccc(OC)c1. The number of para-hydroxylation sites is 1. The van der Waals surface area contributed by atoms with E-state index in [9.17, 15) is 4.79 Å². The molecule has 0 aliphatic heterocycles. The van der Waals surface area contributed by atoms with Crippen LogP contribution in [0.25, 0.3) is 0 Å². The van der Waals surface area contributed by atoms with Crippen molar-refractivity contribution in [3.63, 3.8) is 0 Å². The summed E-state index contributed by atoms with van der Waals surface area (Å²) in [6, 6.07) is 15.6. The van der Waals surface area contributed by atoms with Gasteiger partial charge in [-0.15, -0.1) is 0 Å². The lowest BCUT2D eigenvalue weighted by molar-refractivity contribution is -0.135. The van der Waals surface area contributed by atoms with Crippen LogP contribution in [0, 0.1) is 0 Å². The van der Waals surface area contributed by atoms with Crippen LogP contribution in [-0.2, 0) is 11.2 Å². The highest BCUT2D eigenvalue weighted by molar-refractivity contribution is 5.78. The molecular weight excluding hydrogens is 314 g/mol. The van der Waals surface area contributed by atoms with Crippen LogP contribution in [0.4, 0.5) is 0 Å². The second-order valence-corrected chi connectivity index (χ2v) is 5.88. The van der Waals surface area contributed by atoms with Gasteiger partial charge in [0.2, 0.25) is 0 Å². The Bertz CT molecular complexity index is 699. The molecular formula is C21H27NO3. The number of nitrogens with zero attached hydrogens (tertiary/aromatic N) is 1. The van der Waals surface area contributed by atoms with Crippen molar-refractivity contribution >= 4 is 5.91 Å². The molecule has 4 heteroatoms. The van der Waals surface area contributed by atoms with Crippen LogP contribution in [0.5, 0.6) is 11.5 Å². The first-order chi connectivity index (χ1) is 12.1. The molecule has 0 radical (unpaired) electrons. The Morgan fingerprint density at radius 1 is 1.12 bits per heavy atom. The Morgan fingerprint density at radius 2 is 1.88 bits per heavy atom. The monoisotopic (exact) mass is 341 g/mol. The van der Waals surface area contributed by atoms with Gasteiger partial charge < -0.3 is 14.4 Å². The molecule has 0 saturated heterocycles. The summed E-state index contributed by atoms with van der Waals surface area (Å²) in [6.45, 7) is 6.74. The van der Waals surface area contributed by atoms with Crippen LogP contribution in [0.2, 0.25) is 0 Å². The summed E-state index contributed by atoms with van der Waals surface area (Å²) in [7, 11) is 1.64. The molecule has 0 aromatic heterocycles. The minimum atomic E-state index is -0.0439. The van der Waals surface area contributed by atoms with Gasteiger partial charge in [-0.2, -0.15) is 0 Å². The summed E-state index contributed by atoms with van der Waals surface area (Å²) in [5.74, 6) is 1.55. The predicted molar refractivity (Wildman–Crippen MR) is 100 cm³/mol. The van der Waals surface area contributed by atoms with Gasteiger partial charge in [-0.1, -0.05) is 37.3 Å². The molecule has 0 saturated carbocycles. The van der Waals surface area contributed by atoms with E-state index in [-0.39, 0.29) is 18.6 Å². The summed E-state index contributed by atoms with van der Waals surface area (Å²) < 4.78 is 11.1. The fourth-order valence-electron chi connectivity index (χ4n) is 2.91. The maximum atomic E-state index is 12.7. The number of amides is 1. The van der Waals surface area contributed by atoms with Crippen molar-refractivity contribution in [3.05, 3.63) is 59.7 Å². The molecule has 25 heavy (non-hydrogen) atoms. The largest absolute Gasteiger partial charge is 0.497 e. The zero-order valence-corrected chi connectivity index (χ0v) is 15.5. The maximum absolute atomic E-state index is 12.7. The summed E-state index contributed by atoms with van der Waals surface area (Å²) in [4.78, 5) is 14.5. The molecule has 1 amide bonds. The zero-order chi connectivity index (χ0) is 18.2. The first kappa shape index (κ1) is 18.8. The fraction of sp³-hybridized carbons (Fsp3) is 0.381. The number of carbonyl (C=O) groups is 1. The zero-order valence-electron chi connectivity index (χ0n) is 15.5. The predicted octanol–water partition coefficient (Wildman–Crippen LogP) is 4.25. The smallest absolute Gasteiger partial charge is 0.260 e. The van der Waals surface area contributed by atoms with Crippen LogP contribution < -0.4 is 9.47 Å². The third kappa shape index (κ3) is 4.75. The number of hydrogen-bond donors (Lipinski definition) is 0. The van der Waals surface area contributed by atoms with E-state index in [0.717, 1.165) is 29.0 Å². The first-order valence-corrected chi connectivity index (χ1v) is 8.74. The molecule has 0 bridgehead atoms. The van der Waals surface area contributed by atoms with E-state index < -0.39 is 0 Å². The molecule has 4 nitrogen and oxygen atoms in total. The molecule has 1 atom stereocenters. The van der Waals surface area contributed by atoms with Gasteiger partial charge in [0.05, 0.1) is 13.2 Å². The Hall–Kier alpha value is -2.49. The molecule has 0 heterocycles. The van der Waals surface area contributed by atoms with E-state index in [1.165, 1.54) is 0 Å². The maximum Gasteiger partial charge on any atom is 0.260 e. The molecule has 0 aliphatic carbocycles. The van der Waals surface area contributed by atoms with Crippen molar-refractivity contribution in [2.24, 2.45) is 0 Å². The van der Waals surface area contributed by atoms with Gasteiger partial charge in [0.1, 0.15) is 11.5 Å². The third-order valence-corrected chi connectivity index (χ3v) is 4.41. The van der Waals surface area contributed by atoms with Gasteiger partial charge >= 0.3 is 0 Å². The number of carbonyl (C=O) groups excluding carboxylic acids is 1. The van der Waals surface area contributed by atoms with E-state index >= 15 is 0 Å². The van der Waals surface area contributed by atoms with Gasteiger partial charge in [-0.3, -0.25) is 4.79 Å². The second-order valence-electron chi connectivity index (χ2n) is 5.88. The van der Waals surface area contributed by atoms with Gasteiger partial charge in [0.15, 0.2) is 6.61 Å². The molecule has 0 spiro atoms. The van der Waals surface area contributed by atoms with Crippen LogP contribution in [0.15, 0.2) is 48.5 Å². The number of likely N-dealkylation sites (N-methyl/N-ethyl adjacent to an activating group) is 1. The van der Waals surface area contributed by atoms with E-state index in [4.69, 9.17) is 9.47 Å². The van der Waals surface area contributed by atoms with Crippen molar-refractivity contribution in [2.75, 3.05) is 20.3 Å². The third-order valence-electron chi connectivity index (χ3n) is 4.41. The quantitative estimate of drug-likeness (QED) is 0.721. The number of ether oxygens (including phenoxy) is 2. The molecule has 134 valence electrons. The van der Waals surface area contributed by atoms with Crippen molar-refractivity contribution < 1.29 is 14.3 Å². The van der Waals surface area contributed by atoms with E-state index in [1.54, 1.807) is 7.11 Å². The number of aryl methyl sites for hydroxylation is 1. The summed E-state index contributed by atoms with van der Waals surface area (Å²) in [6.07, 6.45) is 0.877. The van der Waals surface area contributed by atoms with Crippen molar-refractivity contribution in [1.82, 2.24) is 4.90 Å². The average Bonchev–Trinajstić information content (AvgIpc) is 2.67. The van der Waals surface area contributed by atoms with Gasteiger partial charge in [0.25, 0.3) is 5.91 Å². The highest BCUT2D eigenvalue weighted by Gasteiger charge is 2.21. The first-order valence-electron chi connectivity index (χ1n) is 8.74. The summed E-state index contributed by atoms with van der Waals surface area (Å²) in [5.41, 5.74) is 2.16. The Balaban J connectivity index is 2.07. The van der Waals surface area contributed by atoms with Gasteiger partial charge in [0, 0.05) is 6.54 Å². The van der Waals surface area contributed by atoms with Crippen molar-refractivity contribution in [3.8, 4) is 11.5 Å². The number of hydrogen-bond acceptors (Lipinski definition) is 3. The molecule has 0 N–H and O–H groups in total. The normalized spacial score (nSPS) is 11.7. The second kappa shape index (κ2) is 9.11. The van der Waals surface area contributed by atoms with Crippen LogP contribution >= 0.6 is 0 Å². The molecule has 0 aliphatic rings. The Morgan fingerprint density at radius 3 is 2.56 bits per heavy atom. The highest BCUT2D eigenvalue weighted by Crippen LogP contribution is 2.24. The Labute approximate surface area is 150 Å². The molecule has 2 aromatic rings. The minimum absolute atomic E-state index is 0.0243. The highest BCUT2D eigenvalue weighted by atomic mass is 16.5. The fourth-order valence-corrected chi connectivity index (χ4v) is 2.91. The molecule has 0 fully saturated rings. The van der Waals surface area contributed by atoms with Crippen molar-refractivity contribution in [1.29, 1.82) is 0 Å². The van der Waals surface area contributed by atoms with Crippen LogP contribution in [0.3, 0.4) is 0 Å². The van der Waals surface area contributed by atoms with E-state index in [2.05, 4.69) is 6.92 Å². The van der Waals surface area contributed by atoms with Crippen LogP contribution in [-0.4, -0.2) is 31.1 Å². The van der Waals surface area contributed by atoms with Gasteiger partial charge in [-0.25, -0.2) is 0 Å².